The summed E-state index contributed by atoms with van der Waals surface area (Å²) in [5.74, 6) is 0.298. The number of fused-ring (bicyclic) bond motifs is 1. The molecule has 0 aliphatic rings. The van der Waals surface area contributed by atoms with Gasteiger partial charge in [-0.2, -0.15) is 0 Å². The van der Waals surface area contributed by atoms with Crippen LogP contribution in [-0.4, -0.2) is 31.3 Å². The number of benzene rings is 2. The Bertz CT molecular complexity index is 1100. The van der Waals surface area contributed by atoms with E-state index < -0.39 is 0 Å². The molecule has 2 heterocycles. The van der Waals surface area contributed by atoms with E-state index in [1.807, 2.05) is 76.9 Å². The van der Waals surface area contributed by atoms with Crippen LogP contribution in [0.1, 0.15) is 17.4 Å². The fourth-order valence-corrected chi connectivity index (χ4v) is 3.67. The molecule has 0 aliphatic carbocycles. The number of rotatable bonds is 5. The summed E-state index contributed by atoms with van der Waals surface area (Å²) in [7, 11) is 0. The molecule has 6 nitrogen and oxygen atoms in total. The zero-order valence-electron chi connectivity index (χ0n) is 15.1. The van der Waals surface area contributed by atoms with Crippen molar-refractivity contribution in [2.75, 3.05) is 11.6 Å². The predicted octanol–water partition coefficient (Wildman–Crippen LogP) is 4.22. The van der Waals surface area contributed by atoms with E-state index in [0.29, 0.717) is 18.2 Å². The minimum Gasteiger partial charge on any atom is -0.310 e. The fourth-order valence-electron chi connectivity index (χ4n) is 3.12. The molecular weight excluding hydrogens is 358 g/mol. The van der Waals surface area contributed by atoms with Crippen LogP contribution in [-0.2, 0) is 6.54 Å². The van der Waals surface area contributed by atoms with Crippen molar-refractivity contribution in [1.29, 1.82) is 0 Å². The molecule has 0 aliphatic heterocycles. The molecule has 0 saturated heterocycles. The van der Waals surface area contributed by atoms with Crippen molar-refractivity contribution in [2.24, 2.45) is 0 Å². The van der Waals surface area contributed by atoms with Crippen LogP contribution in [0.5, 0.6) is 0 Å². The maximum Gasteiger partial charge on any atom is 0.276 e. The standard InChI is InChI=1S/C20H19N5OS/c1-3-24-16-12-8-7-11-15(16)22-19(24)23-18(26)17-13-21-20(27-2)25(17)14-9-5-4-6-10-14/h4-13H,3H2,1-2H3,(H,22,23,26). The van der Waals surface area contributed by atoms with Crippen molar-refractivity contribution in [3.63, 3.8) is 0 Å². The SMILES string of the molecule is CCn1c(NC(=O)c2cnc(SC)n2-c2ccccc2)nc2ccccc21. The lowest BCUT2D eigenvalue weighted by Crippen LogP contribution is -2.19. The van der Waals surface area contributed by atoms with E-state index in [0.717, 1.165) is 21.9 Å². The molecule has 0 bridgehead atoms. The summed E-state index contributed by atoms with van der Waals surface area (Å²) in [5, 5.41) is 3.72. The average Bonchev–Trinajstić information content (AvgIpc) is 3.29. The summed E-state index contributed by atoms with van der Waals surface area (Å²) >= 11 is 1.50. The number of nitrogens with zero attached hydrogens (tertiary/aromatic N) is 4. The van der Waals surface area contributed by atoms with E-state index in [-0.39, 0.29) is 5.91 Å². The molecule has 0 fully saturated rings. The molecule has 136 valence electrons. The molecule has 2 aromatic heterocycles. The second-order valence-electron chi connectivity index (χ2n) is 5.92. The van der Waals surface area contributed by atoms with Gasteiger partial charge < -0.3 is 4.57 Å². The van der Waals surface area contributed by atoms with E-state index in [4.69, 9.17) is 0 Å². The Morgan fingerprint density at radius 1 is 1.11 bits per heavy atom. The Morgan fingerprint density at radius 3 is 2.59 bits per heavy atom. The molecule has 0 unspecified atom stereocenters. The molecule has 4 aromatic rings. The molecule has 2 aromatic carbocycles. The van der Waals surface area contributed by atoms with Crippen molar-refractivity contribution < 1.29 is 4.79 Å². The van der Waals surface area contributed by atoms with Crippen LogP contribution >= 0.6 is 11.8 Å². The molecule has 4 rings (SSSR count). The van der Waals surface area contributed by atoms with Gasteiger partial charge in [-0.05, 0) is 37.4 Å². The number of nitrogens with one attached hydrogen (secondary N) is 1. The number of aromatic nitrogens is 4. The Balaban J connectivity index is 1.74. The summed E-state index contributed by atoms with van der Waals surface area (Å²) in [6.07, 6.45) is 3.55. The molecule has 0 spiro atoms. The summed E-state index contributed by atoms with van der Waals surface area (Å²) in [4.78, 5) is 22.0. The number of hydrogen-bond acceptors (Lipinski definition) is 4. The number of carbonyl (C=O) groups excluding carboxylic acids is 1. The highest BCUT2D eigenvalue weighted by Gasteiger charge is 2.20. The van der Waals surface area contributed by atoms with E-state index in [9.17, 15) is 4.79 Å². The number of aryl methyl sites for hydroxylation is 1. The smallest absolute Gasteiger partial charge is 0.276 e. The third-order valence-corrected chi connectivity index (χ3v) is 5.01. The predicted molar refractivity (Wildman–Crippen MR) is 109 cm³/mol. The van der Waals surface area contributed by atoms with Gasteiger partial charge >= 0.3 is 0 Å². The van der Waals surface area contributed by atoms with Gasteiger partial charge in [0.1, 0.15) is 5.69 Å². The third kappa shape index (κ3) is 3.10. The minimum atomic E-state index is -0.239. The van der Waals surface area contributed by atoms with Gasteiger partial charge in [0.15, 0.2) is 5.16 Å². The first-order valence-corrected chi connectivity index (χ1v) is 9.89. The maximum absolute atomic E-state index is 13.0. The lowest BCUT2D eigenvalue weighted by atomic mass is 10.3. The van der Waals surface area contributed by atoms with Gasteiger partial charge in [-0.1, -0.05) is 42.1 Å². The Labute approximate surface area is 161 Å². The van der Waals surface area contributed by atoms with E-state index in [1.54, 1.807) is 6.20 Å². The quantitative estimate of drug-likeness (QED) is 0.529. The summed E-state index contributed by atoms with van der Waals surface area (Å²) in [5.41, 5.74) is 3.22. The Hall–Kier alpha value is -3.06. The van der Waals surface area contributed by atoms with Crippen molar-refractivity contribution in [2.45, 2.75) is 18.6 Å². The van der Waals surface area contributed by atoms with Gasteiger partial charge in [-0.15, -0.1) is 0 Å². The highest BCUT2D eigenvalue weighted by molar-refractivity contribution is 7.98. The van der Waals surface area contributed by atoms with Gasteiger partial charge in [-0.3, -0.25) is 14.7 Å². The number of anilines is 1. The molecule has 27 heavy (non-hydrogen) atoms. The zero-order valence-corrected chi connectivity index (χ0v) is 15.9. The molecule has 7 heteroatoms. The largest absolute Gasteiger partial charge is 0.310 e. The molecule has 1 amide bonds. The first-order valence-electron chi connectivity index (χ1n) is 8.66. The van der Waals surface area contributed by atoms with Crippen LogP contribution in [0.2, 0.25) is 0 Å². The summed E-state index contributed by atoms with van der Waals surface area (Å²) in [6, 6.07) is 17.6. The lowest BCUT2D eigenvalue weighted by Gasteiger charge is -2.11. The summed E-state index contributed by atoms with van der Waals surface area (Å²) < 4.78 is 3.85. The molecule has 0 saturated carbocycles. The second kappa shape index (κ2) is 7.28. The van der Waals surface area contributed by atoms with Crippen molar-refractivity contribution in [1.82, 2.24) is 19.1 Å². The molecule has 0 radical (unpaired) electrons. The monoisotopic (exact) mass is 377 g/mol. The molecular formula is C20H19N5OS. The van der Waals surface area contributed by atoms with E-state index in [1.165, 1.54) is 11.8 Å². The number of imidazole rings is 2. The molecule has 1 N–H and O–H groups in total. The van der Waals surface area contributed by atoms with Crippen LogP contribution in [0.25, 0.3) is 16.7 Å². The van der Waals surface area contributed by atoms with Gasteiger partial charge in [0.2, 0.25) is 5.95 Å². The van der Waals surface area contributed by atoms with Gasteiger partial charge in [0.25, 0.3) is 5.91 Å². The topological polar surface area (TPSA) is 64.7 Å². The van der Waals surface area contributed by atoms with Crippen LogP contribution in [0, 0.1) is 0 Å². The van der Waals surface area contributed by atoms with Crippen LogP contribution < -0.4 is 5.32 Å². The summed E-state index contributed by atoms with van der Waals surface area (Å²) in [6.45, 7) is 2.74. The van der Waals surface area contributed by atoms with Crippen LogP contribution in [0.15, 0.2) is 66.0 Å². The second-order valence-corrected chi connectivity index (χ2v) is 6.70. The van der Waals surface area contributed by atoms with Gasteiger partial charge in [0.05, 0.1) is 17.2 Å². The van der Waals surface area contributed by atoms with Crippen molar-refractivity contribution >= 4 is 34.7 Å². The Kier molecular flexibility index (Phi) is 4.68. The normalized spacial score (nSPS) is 11.0. The highest BCUT2D eigenvalue weighted by Crippen LogP contribution is 2.24. The van der Waals surface area contributed by atoms with E-state index >= 15 is 0 Å². The van der Waals surface area contributed by atoms with Crippen molar-refractivity contribution in [3.05, 3.63) is 66.5 Å². The van der Waals surface area contributed by atoms with Gasteiger partial charge in [0, 0.05) is 12.2 Å². The average molecular weight is 377 g/mol. The van der Waals surface area contributed by atoms with E-state index in [2.05, 4.69) is 15.3 Å². The number of amides is 1. The number of para-hydroxylation sites is 3. The van der Waals surface area contributed by atoms with Gasteiger partial charge in [-0.25, -0.2) is 9.97 Å². The zero-order chi connectivity index (χ0) is 18.8. The molecule has 0 atom stereocenters. The van der Waals surface area contributed by atoms with Crippen LogP contribution in [0.3, 0.4) is 0 Å². The third-order valence-electron chi connectivity index (χ3n) is 4.36. The van der Waals surface area contributed by atoms with Crippen molar-refractivity contribution in [3.8, 4) is 5.69 Å². The van der Waals surface area contributed by atoms with Crippen LogP contribution in [0.4, 0.5) is 5.95 Å². The number of thioether (sulfide) groups is 1. The highest BCUT2D eigenvalue weighted by atomic mass is 32.2. The first-order chi connectivity index (χ1) is 13.2. The minimum absolute atomic E-state index is 0.239. The Morgan fingerprint density at radius 2 is 1.85 bits per heavy atom. The fraction of sp³-hybridized carbons (Fsp3) is 0.150. The maximum atomic E-state index is 13.0. The number of carbonyl (C=O) groups is 1. The number of hydrogen-bond donors (Lipinski definition) is 1. The lowest BCUT2D eigenvalue weighted by molar-refractivity contribution is 0.101. The first kappa shape index (κ1) is 17.4.